The number of hydrogen-bond donors (Lipinski definition) is 3. The molecule has 6 aromatic heterocycles. The number of benzene rings is 9. The number of nitrogen functional groups attached to an aromatic ring is 1. The van der Waals surface area contributed by atoms with Crippen LogP contribution in [0.5, 0.6) is 0 Å². The third-order valence-electron chi connectivity index (χ3n) is 18.7. The summed E-state index contributed by atoms with van der Waals surface area (Å²) in [5, 5.41) is 13.3. The van der Waals surface area contributed by atoms with Gasteiger partial charge in [0.1, 0.15) is 10.7 Å². The molecule has 4 unspecified atom stereocenters. The van der Waals surface area contributed by atoms with Crippen LogP contribution < -0.4 is 16.8 Å². The van der Waals surface area contributed by atoms with Crippen molar-refractivity contribution in [3.8, 4) is 33.8 Å². The van der Waals surface area contributed by atoms with Gasteiger partial charge in [0.15, 0.2) is 11.5 Å². The van der Waals surface area contributed by atoms with Gasteiger partial charge in [-0.3, -0.25) is 33.8 Å². The van der Waals surface area contributed by atoms with E-state index in [0.29, 0.717) is 75.8 Å². The van der Waals surface area contributed by atoms with Gasteiger partial charge < -0.3 is 16.8 Å². The summed E-state index contributed by atoms with van der Waals surface area (Å²) in [6.07, 6.45) is 3.30. The van der Waals surface area contributed by atoms with E-state index in [1.807, 2.05) is 191 Å². The van der Waals surface area contributed by atoms with E-state index in [4.69, 9.17) is 84.4 Å². The smallest absolute Gasteiger partial charge is 0.262 e. The molecule has 0 saturated carbocycles. The van der Waals surface area contributed by atoms with E-state index in [2.05, 4.69) is 26.4 Å². The number of carbonyl (C=O) groups is 5. The topological polar surface area (TPSA) is 238 Å². The highest BCUT2D eigenvalue weighted by Gasteiger charge is 2.41. The molecule has 5 amide bonds. The maximum Gasteiger partial charge on any atom is 0.262 e. The minimum Gasteiger partial charge on any atom is -0.381 e. The summed E-state index contributed by atoms with van der Waals surface area (Å²) >= 11 is 31.6. The molecule has 8 heterocycles. The monoisotopic (exact) mass is 1510 g/mol. The number of halogens is 5. The van der Waals surface area contributed by atoms with Gasteiger partial charge in [0, 0.05) is 73.4 Å². The molecule has 4 atom stereocenters. The van der Waals surface area contributed by atoms with Gasteiger partial charge in [-0.05, 0) is 112 Å². The number of rotatable bonds is 11. The number of aromatic nitrogens is 7. The molecule has 0 spiro atoms. The van der Waals surface area contributed by atoms with E-state index >= 15 is 0 Å². The van der Waals surface area contributed by atoms with E-state index in [-0.39, 0.29) is 58.2 Å². The SMILES string of the molecule is CC(N)c1cc2cccc(Cl)c2nc1-c1ccccc1.CC(NC(=O)c1c(N)nn2cccnc12)c1cc2cccc(Cl)c2nc1-c1ccccc1.CC(c1cc2cccc(Cl)c2nc1-c1ccccc1)N1C(=O)c2ccccc2C1=O.CC(c1cc2cccc(Cl)c2nc1Cl)N1C(=O)c2ccccc2C1=O. The molecule has 9 aromatic carbocycles. The molecule has 2 aliphatic heterocycles. The second kappa shape index (κ2) is 30.7. The minimum absolute atomic E-state index is 0.0823. The van der Waals surface area contributed by atoms with Gasteiger partial charge in [-0.15, -0.1) is 5.10 Å². The van der Waals surface area contributed by atoms with Crippen molar-refractivity contribution >= 4 is 143 Å². The molecule has 15 aromatic rings. The summed E-state index contributed by atoms with van der Waals surface area (Å²) in [6.45, 7) is 7.51. The Morgan fingerprint density at radius 1 is 0.411 bits per heavy atom. The zero-order chi connectivity index (χ0) is 74.9. The number of nitrogens with one attached hydrogen (secondary N) is 1. The van der Waals surface area contributed by atoms with Gasteiger partial charge in [0.25, 0.3) is 29.5 Å². The van der Waals surface area contributed by atoms with Crippen molar-refractivity contribution in [3.05, 3.63) is 330 Å². The quantitative estimate of drug-likeness (QED) is 0.0808. The third-order valence-corrected chi connectivity index (χ3v) is 20.2. The number of carbonyl (C=O) groups excluding carboxylic acids is 5. The first-order chi connectivity index (χ1) is 51.7. The highest BCUT2D eigenvalue weighted by atomic mass is 35.5. The number of imide groups is 2. The Kier molecular flexibility index (Phi) is 20.7. The first-order valence-corrected chi connectivity index (χ1v) is 35.9. The Morgan fingerprint density at radius 3 is 1.17 bits per heavy atom. The predicted molar refractivity (Wildman–Crippen MR) is 425 cm³/mol. The third kappa shape index (κ3) is 14.2. The van der Waals surface area contributed by atoms with Gasteiger partial charge >= 0.3 is 0 Å². The second-order valence-electron chi connectivity index (χ2n) is 25.5. The normalized spacial score (nSPS) is 13.5. The van der Waals surface area contributed by atoms with Gasteiger partial charge in [-0.1, -0.05) is 222 Å². The van der Waals surface area contributed by atoms with Crippen LogP contribution in [-0.4, -0.2) is 73.9 Å². The Bertz CT molecular complexity index is 5960. The molecule has 528 valence electrons. The van der Waals surface area contributed by atoms with Crippen LogP contribution in [0.1, 0.15) is 126 Å². The summed E-state index contributed by atoms with van der Waals surface area (Å²) in [5.41, 5.74) is 25.8. The minimum atomic E-state index is -0.546. The lowest BCUT2D eigenvalue weighted by molar-refractivity contribution is 0.0579. The lowest BCUT2D eigenvalue weighted by Crippen LogP contribution is -2.33. The molecule has 0 radical (unpaired) electrons. The van der Waals surface area contributed by atoms with Crippen molar-refractivity contribution in [1.29, 1.82) is 0 Å². The van der Waals surface area contributed by atoms with Crippen molar-refractivity contribution in [2.24, 2.45) is 5.73 Å². The molecule has 0 saturated heterocycles. The molecular formula is C85H63Cl5N12O5. The zero-order valence-corrected chi connectivity index (χ0v) is 61.4. The molecule has 0 fully saturated rings. The second-order valence-corrected chi connectivity index (χ2v) is 27.5. The molecule has 107 heavy (non-hydrogen) atoms. The first-order valence-electron chi connectivity index (χ1n) is 34.0. The van der Waals surface area contributed by atoms with Crippen LogP contribution in [0.2, 0.25) is 25.2 Å². The number of amides is 5. The van der Waals surface area contributed by atoms with Crippen LogP contribution in [0.25, 0.3) is 83.0 Å². The lowest BCUT2D eigenvalue weighted by Gasteiger charge is -2.25. The highest BCUT2D eigenvalue weighted by Crippen LogP contribution is 2.41. The molecule has 17 nitrogen and oxygen atoms in total. The first kappa shape index (κ1) is 72.2. The van der Waals surface area contributed by atoms with Crippen molar-refractivity contribution in [2.45, 2.75) is 51.9 Å². The van der Waals surface area contributed by atoms with E-state index < -0.39 is 12.1 Å². The van der Waals surface area contributed by atoms with Crippen LogP contribution in [0.15, 0.2) is 255 Å². The summed E-state index contributed by atoms with van der Waals surface area (Å²) in [4.78, 5) is 90.2. The molecule has 5 N–H and O–H groups in total. The Labute approximate surface area is 639 Å². The zero-order valence-electron chi connectivity index (χ0n) is 57.7. The number of anilines is 1. The number of pyridine rings is 4. The number of para-hydroxylation sites is 4. The van der Waals surface area contributed by atoms with Crippen molar-refractivity contribution in [1.82, 2.24) is 49.7 Å². The van der Waals surface area contributed by atoms with E-state index in [0.717, 1.165) is 71.8 Å². The van der Waals surface area contributed by atoms with Gasteiger partial charge in [0.2, 0.25) is 0 Å². The van der Waals surface area contributed by atoms with Crippen LogP contribution in [0.3, 0.4) is 0 Å². The van der Waals surface area contributed by atoms with Crippen molar-refractivity contribution in [3.63, 3.8) is 0 Å². The Hall–Kier alpha value is -11.8. The molecular weight excluding hydrogens is 1450 g/mol. The van der Waals surface area contributed by atoms with E-state index in [9.17, 15) is 24.0 Å². The predicted octanol–water partition coefficient (Wildman–Crippen LogP) is 20.1. The average Bonchev–Trinajstić information content (AvgIpc) is 1.70. The Morgan fingerprint density at radius 2 is 0.757 bits per heavy atom. The van der Waals surface area contributed by atoms with Gasteiger partial charge in [-0.2, -0.15) is 0 Å². The largest absolute Gasteiger partial charge is 0.381 e. The highest BCUT2D eigenvalue weighted by molar-refractivity contribution is 6.37. The molecule has 0 aliphatic carbocycles. The molecule has 22 heteroatoms. The van der Waals surface area contributed by atoms with Crippen LogP contribution in [-0.2, 0) is 0 Å². The summed E-state index contributed by atoms with van der Waals surface area (Å²) in [7, 11) is 0. The van der Waals surface area contributed by atoms with Gasteiger partial charge in [0.05, 0.1) is 99.6 Å². The van der Waals surface area contributed by atoms with Crippen LogP contribution in [0.4, 0.5) is 5.82 Å². The fourth-order valence-electron chi connectivity index (χ4n) is 13.3. The van der Waals surface area contributed by atoms with E-state index in [1.54, 1.807) is 86.0 Å². The molecule has 17 rings (SSSR count). The summed E-state index contributed by atoms with van der Waals surface area (Å²) in [5.74, 6) is -1.44. The van der Waals surface area contributed by atoms with Crippen LogP contribution in [0, 0.1) is 0 Å². The van der Waals surface area contributed by atoms with Crippen molar-refractivity contribution < 1.29 is 24.0 Å². The standard InChI is InChI=1S/C25H17ClN2O2.C24H19ClN6O.C19H12Cl2N2O2.C17H15ClN2/c1-15(28-24(29)18-11-5-6-12-19(18)25(28)30)20-14-17-10-7-13-21(26)23(17)27-22(20)16-8-3-2-4-9-16;1-14(28-24(32)19-22(26)30-31-12-6-11-27-23(19)31)17-13-16-9-5-10-18(25)21(16)29-20(17)15-7-3-2-4-8-15;1-10(23-18(24)12-6-2-3-7-13(12)19(23)25)14-9-11-5-4-8-15(20)16(11)22-17(14)21;1-11(19)14-10-13-8-5-9-15(18)17(13)20-16(14)12-6-3-2-4-7-12/h2-15H,1H3;2-14H,1H3,(H2,26,30)(H,28,32);2-10H,1H3;2-11H,19H2,1H3. The van der Waals surface area contributed by atoms with E-state index in [1.165, 1.54) is 14.3 Å². The number of fused-ring (bicyclic) bond motifs is 7. The molecule has 0 bridgehead atoms. The fraction of sp³-hybridized carbons (Fsp3) is 0.0941. The summed E-state index contributed by atoms with van der Waals surface area (Å²) in [6, 6.07) is 73.9. The lowest BCUT2D eigenvalue weighted by atomic mass is 9.97. The summed E-state index contributed by atoms with van der Waals surface area (Å²) < 4.78 is 1.49. The van der Waals surface area contributed by atoms with Gasteiger partial charge in [-0.25, -0.2) is 29.4 Å². The number of nitrogens with zero attached hydrogens (tertiary/aromatic N) is 9. The Balaban J connectivity index is 0.000000121. The van der Waals surface area contributed by atoms with Crippen molar-refractivity contribution in [2.75, 3.05) is 5.73 Å². The van der Waals surface area contributed by atoms with Crippen LogP contribution >= 0.6 is 58.0 Å². The molecule has 2 aliphatic rings. The number of nitrogens with two attached hydrogens (primary N) is 2. The number of hydrogen-bond acceptors (Lipinski definition) is 13. The maximum atomic E-state index is 13.2. The fourth-order valence-corrected chi connectivity index (χ4v) is 14.5. The maximum absolute atomic E-state index is 13.2. The average molecular weight is 1510 g/mol.